The van der Waals surface area contributed by atoms with E-state index in [0.717, 1.165) is 4.90 Å². The molecule has 2 aromatic rings. The van der Waals surface area contributed by atoms with E-state index in [1.54, 1.807) is 11.8 Å². The van der Waals surface area contributed by atoms with Gasteiger partial charge >= 0.3 is 0 Å². The lowest BCUT2D eigenvalue weighted by atomic mass is 10.2. The third-order valence-electron chi connectivity index (χ3n) is 2.44. The normalized spacial score (nSPS) is 10.4. The number of benzene rings is 2. The van der Waals surface area contributed by atoms with Crippen molar-refractivity contribution in [1.29, 1.82) is 0 Å². The Kier molecular flexibility index (Phi) is 3.20. The van der Waals surface area contributed by atoms with Crippen LogP contribution in [0.4, 0.5) is 5.69 Å². The molecule has 16 heavy (non-hydrogen) atoms. The van der Waals surface area contributed by atoms with Gasteiger partial charge in [0.25, 0.3) is 0 Å². The van der Waals surface area contributed by atoms with Gasteiger partial charge in [-0.1, -0.05) is 47.7 Å². The first-order chi connectivity index (χ1) is 7.66. The fourth-order valence-electron chi connectivity index (χ4n) is 1.59. The van der Waals surface area contributed by atoms with E-state index in [1.165, 1.54) is 16.0 Å². The Morgan fingerprint density at radius 3 is 2.38 bits per heavy atom. The number of rotatable bonds is 2. The van der Waals surface area contributed by atoms with Crippen LogP contribution < -0.4 is 0 Å². The van der Waals surface area contributed by atoms with Gasteiger partial charge in [0.2, 0.25) is 0 Å². The monoisotopic (exact) mass is 228 g/mol. The summed E-state index contributed by atoms with van der Waals surface area (Å²) >= 11 is 1.66. The molecule has 0 amide bonds. The molecule has 1 nitrogen and oxygen atoms in total. The largest absolute Gasteiger partial charge is 0.698 e. The average Bonchev–Trinajstić information content (AvgIpc) is 2.25. The minimum atomic E-state index is 0.590. The maximum atomic E-state index is 7.81. The first-order valence-electron chi connectivity index (χ1n) is 5.22. The highest BCUT2D eigenvalue weighted by molar-refractivity contribution is 7.99. The lowest BCUT2D eigenvalue weighted by molar-refractivity contribution is 1.26. The zero-order valence-corrected chi connectivity index (χ0v) is 10.3. The molecule has 0 atom stereocenters. The molecule has 0 fully saturated rings. The summed E-state index contributed by atoms with van der Waals surface area (Å²) in [7, 11) is 0. The van der Waals surface area contributed by atoms with Crippen molar-refractivity contribution in [3.63, 3.8) is 0 Å². The molecule has 0 aliphatic rings. The van der Waals surface area contributed by atoms with Gasteiger partial charge < -0.3 is 5.73 Å². The Hall–Kier alpha value is -1.41. The van der Waals surface area contributed by atoms with Crippen LogP contribution in [0.25, 0.3) is 5.73 Å². The molecule has 0 aromatic heterocycles. The summed E-state index contributed by atoms with van der Waals surface area (Å²) in [5.41, 5.74) is 11.0. The Balaban J connectivity index is 2.31. The SMILES string of the molecule is Cc1ccc(Sc2ccccc2[NH-])c(C)c1. The maximum absolute atomic E-state index is 7.81. The van der Waals surface area contributed by atoms with Crippen molar-refractivity contribution < 1.29 is 0 Å². The molecule has 0 unspecified atom stereocenters. The first-order valence-corrected chi connectivity index (χ1v) is 6.04. The molecule has 0 saturated heterocycles. The van der Waals surface area contributed by atoms with Crippen LogP contribution in [-0.2, 0) is 0 Å². The summed E-state index contributed by atoms with van der Waals surface area (Å²) in [6.45, 7) is 4.21. The van der Waals surface area contributed by atoms with E-state index in [4.69, 9.17) is 5.73 Å². The van der Waals surface area contributed by atoms with Gasteiger partial charge in [0.15, 0.2) is 0 Å². The van der Waals surface area contributed by atoms with Crippen molar-refractivity contribution in [2.45, 2.75) is 23.6 Å². The van der Waals surface area contributed by atoms with Crippen LogP contribution in [0.5, 0.6) is 0 Å². The number of aryl methyl sites for hydroxylation is 2. The fourth-order valence-corrected chi connectivity index (χ4v) is 2.51. The molecule has 0 bridgehead atoms. The van der Waals surface area contributed by atoms with Crippen LogP contribution in [0, 0.1) is 13.8 Å². The Morgan fingerprint density at radius 2 is 1.69 bits per heavy atom. The molecule has 0 heterocycles. The molecule has 0 saturated carbocycles. The van der Waals surface area contributed by atoms with Crippen molar-refractivity contribution in [1.82, 2.24) is 0 Å². The minimum Gasteiger partial charge on any atom is -0.698 e. The van der Waals surface area contributed by atoms with Crippen LogP contribution in [0.2, 0.25) is 0 Å². The van der Waals surface area contributed by atoms with Gasteiger partial charge in [-0.2, -0.15) is 0 Å². The highest BCUT2D eigenvalue weighted by Gasteiger charge is 2.01. The van der Waals surface area contributed by atoms with Gasteiger partial charge in [-0.15, -0.1) is 5.69 Å². The molecule has 0 aliphatic heterocycles. The maximum Gasteiger partial charge on any atom is 0.0151 e. The number of nitrogens with one attached hydrogen (secondary N) is 1. The van der Waals surface area contributed by atoms with E-state index >= 15 is 0 Å². The second-order valence-corrected chi connectivity index (χ2v) is 4.95. The third kappa shape index (κ3) is 2.39. The predicted molar refractivity (Wildman–Crippen MR) is 70.5 cm³/mol. The third-order valence-corrected chi connectivity index (χ3v) is 3.69. The van der Waals surface area contributed by atoms with Crippen molar-refractivity contribution in [2.75, 3.05) is 0 Å². The van der Waals surface area contributed by atoms with Crippen LogP contribution in [0.15, 0.2) is 52.3 Å². The van der Waals surface area contributed by atoms with Gasteiger partial charge in [-0.3, -0.25) is 0 Å². The molecular formula is C14H14NS-. The van der Waals surface area contributed by atoms with Crippen molar-refractivity contribution in [2.24, 2.45) is 0 Å². The molecule has 2 aromatic carbocycles. The Morgan fingerprint density at radius 1 is 0.938 bits per heavy atom. The fraction of sp³-hybridized carbons (Fsp3) is 0.143. The minimum absolute atomic E-state index is 0.590. The van der Waals surface area contributed by atoms with E-state index < -0.39 is 0 Å². The van der Waals surface area contributed by atoms with Crippen LogP contribution in [-0.4, -0.2) is 0 Å². The van der Waals surface area contributed by atoms with Gasteiger partial charge in [0.05, 0.1) is 0 Å². The second-order valence-electron chi connectivity index (χ2n) is 3.87. The summed E-state index contributed by atoms with van der Waals surface area (Å²) in [4.78, 5) is 2.24. The lowest BCUT2D eigenvalue weighted by Crippen LogP contribution is -1.81. The van der Waals surface area contributed by atoms with Crippen molar-refractivity contribution in [3.8, 4) is 0 Å². The van der Waals surface area contributed by atoms with E-state index in [1.807, 2.05) is 24.3 Å². The summed E-state index contributed by atoms with van der Waals surface area (Å²) < 4.78 is 0. The van der Waals surface area contributed by atoms with Crippen molar-refractivity contribution in [3.05, 3.63) is 59.3 Å². The molecule has 82 valence electrons. The molecule has 2 heteroatoms. The van der Waals surface area contributed by atoms with E-state index in [-0.39, 0.29) is 0 Å². The molecule has 1 N–H and O–H groups in total. The molecule has 0 aliphatic carbocycles. The number of hydrogen-bond acceptors (Lipinski definition) is 1. The average molecular weight is 228 g/mol. The van der Waals surface area contributed by atoms with Gasteiger partial charge in [-0.25, -0.2) is 0 Å². The van der Waals surface area contributed by atoms with Crippen LogP contribution >= 0.6 is 11.8 Å². The summed E-state index contributed by atoms with van der Waals surface area (Å²) in [5, 5.41) is 0. The predicted octanol–water partition coefficient (Wildman–Crippen LogP) is 5.14. The molecule has 2 rings (SSSR count). The van der Waals surface area contributed by atoms with E-state index in [2.05, 4.69) is 32.0 Å². The van der Waals surface area contributed by atoms with Crippen molar-refractivity contribution >= 4 is 17.4 Å². The highest BCUT2D eigenvalue weighted by atomic mass is 32.2. The number of hydrogen-bond donors (Lipinski definition) is 0. The quantitative estimate of drug-likeness (QED) is 0.698. The van der Waals surface area contributed by atoms with E-state index in [9.17, 15) is 0 Å². The van der Waals surface area contributed by atoms with Crippen LogP contribution in [0.1, 0.15) is 11.1 Å². The summed E-state index contributed by atoms with van der Waals surface area (Å²) in [6, 6.07) is 14.1. The zero-order valence-electron chi connectivity index (χ0n) is 9.45. The Labute approximate surface area is 101 Å². The summed E-state index contributed by atoms with van der Waals surface area (Å²) in [6.07, 6.45) is 0. The second kappa shape index (κ2) is 4.62. The zero-order chi connectivity index (χ0) is 11.5. The molecule has 0 radical (unpaired) electrons. The van der Waals surface area contributed by atoms with Crippen LogP contribution in [0.3, 0.4) is 0 Å². The van der Waals surface area contributed by atoms with Gasteiger partial charge in [0.1, 0.15) is 0 Å². The molecule has 0 spiro atoms. The topological polar surface area (TPSA) is 23.8 Å². The van der Waals surface area contributed by atoms with Gasteiger partial charge in [0, 0.05) is 4.90 Å². The summed E-state index contributed by atoms with van der Waals surface area (Å²) in [5.74, 6) is 0. The Bertz CT molecular complexity index is 506. The molecular weight excluding hydrogens is 214 g/mol. The lowest BCUT2D eigenvalue weighted by Gasteiger charge is -2.12. The first kappa shape index (κ1) is 11.1. The van der Waals surface area contributed by atoms with Gasteiger partial charge in [-0.05, 0) is 36.4 Å². The highest BCUT2D eigenvalue weighted by Crippen LogP contribution is 2.36. The van der Waals surface area contributed by atoms with E-state index in [0.29, 0.717) is 5.69 Å². The standard InChI is InChI=1S/C14H14NS/c1-10-7-8-13(11(2)9-10)16-14-6-4-3-5-12(14)15/h3-9,15H,1-2H3/q-1. The smallest absolute Gasteiger partial charge is 0.0151 e.